The van der Waals surface area contributed by atoms with E-state index in [4.69, 9.17) is 5.11 Å². The number of carboxylic acids is 1. The van der Waals surface area contributed by atoms with Gasteiger partial charge in [-0.25, -0.2) is 18.6 Å². The Morgan fingerprint density at radius 2 is 2.20 bits per heavy atom. The summed E-state index contributed by atoms with van der Waals surface area (Å²) in [5.41, 5.74) is -0.511. The Hall–Kier alpha value is -0.560. The Balaban J connectivity index is 3.35. The topological polar surface area (TPSA) is 50.2 Å². The second-order valence-electron chi connectivity index (χ2n) is 2.59. The van der Waals surface area contributed by atoms with E-state index in [-0.39, 0.29) is 26.8 Å². The summed E-state index contributed by atoms with van der Waals surface area (Å²) in [7, 11) is 0. The molecule has 3 nitrogen and oxygen atoms in total. The number of aromatic nitrogens is 1. The Bertz CT molecular complexity index is 398. The first kappa shape index (κ1) is 12.5. The minimum Gasteiger partial charge on any atom is -0.476 e. The van der Waals surface area contributed by atoms with Gasteiger partial charge in [-0.05, 0) is 22.0 Å². The lowest BCUT2D eigenvalue weighted by molar-refractivity contribution is 0.0688. The van der Waals surface area contributed by atoms with Gasteiger partial charge in [0, 0.05) is 10.9 Å². The predicted octanol–water partition coefficient (Wildman–Crippen LogP) is 3.37. The SMILES string of the molecule is O=C(O)c1nc(CBr)c(C(F)F)cc1Br. The fourth-order valence-corrected chi connectivity index (χ4v) is 1.94. The van der Waals surface area contributed by atoms with Gasteiger partial charge in [-0.1, -0.05) is 15.9 Å². The van der Waals surface area contributed by atoms with Gasteiger partial charge in [-0.2, -0.15) is 0 Å². The van der Waals surface area contributed by atoms with E-state index in [1.165, 1.54) is 0 Å². The number of halogens is 4. The maximum atomic E-state index is 12.5. The standard InChI is InChI=1S/C8H5Br2F2NO2/c9-2-5-3(7(11)12)1-4(10)6(13-5)8(14)15/h1,7H,2H2,(H,14,15). The second-order valence-corrected chi connectivity index (χ2v) is 4.01. The average Bonchev–Trinajstić information content (AvgIpc) is 2.16. The summed E-state index contributed by atoms with van der Waals surface area (Å²) in [4.78, 5) is 14.3. The molecule has 0 saturated heterocycles. The Morgan fingerprint density at radius 1 is 1.60 bits per heavy atom. The van der Waals surface area contributed by atoms with E-state index in [1.54, 1.807) is 0 Å². The van der Waals surface area contributed by atoms with Crippen molar-refractivity contribution in [2.45, 2.75) is 11.8 Å². The van der Waals surface area contributed by atoms with Crippen LogP contribution in [-0.4, -0.2) is 16.1 Å². The Labute approximate surface area is 101 Å². The Morgan fingerprint density at radius 3 is 2.60 bits per heavy atom. The third kappa shape index (κ3) is 2.72. The molecule has 1 rings (SSSR count). The summed E-state index contributed by atoms with van der Waals surface area (Å²) < 4.78 is 25.0. The van der Waals surface area contributed by atoms with Crippen LogP contribution in [0.5, 0.6) is 0 Å². The molecule has 15 heavy (non-hydrogen) atoms. The number of hydrogen-bond donors (Lipinski definition) is 1. The molecule has 1 aromatic rings. The first-order valence-electron chi connectivity index (χ1n) is 3.74. The van der Waals surface area contributed by atoms with Crippen LogP contribution in [0.2, 0.25) is 0 Å². The molecule has 0 atom stereocenters. The molecule has 0 fully saturated rings. The molecule has 1 heterocycles. The molecular formula is C8H5Br2F2NO2. The van der Waals surface area contributed by atoms with Crippen molar-refractivity contribution >= 4 is 37.8 Å². The number of aromatic carboxylic acids is 1. The van der Waals surface area contributed by atoms with Crippen LogP contribution in [0.3, 0.4) is 0 Å². The normalized spacial score (nSPS) is 10.7. The van der Waals surface area contributed by atoms with Gasteiger partial charge in [0.25, 0.3) is 6.43 Å². The highest BCUT2D eigenvalue weighted by molar-refractivity contribution is 9.10. The van der Waals surface area contributed by atoms with Crippen LogP contribution in [0.25, 0.3) is 0 Å². The fraction of sp³-hybridized carbons (Fsp3) is 0.250. The lowest BCUT2D eigenvalue weighted by Gasteiger charge is -2.08. The van der Waals surface area contributed by atoms with E-state index < -0.39 is 12.4 Å². The van der Waals surface area contributed by atoms with Crippen molar-refractivity contribution < 1.29 is 18.7 Å². The van der Waals surface area contributed by atoms with Crippen LogP contribution in [0.4, 0.5) is 8.78 Å². The van der Waals surface area contributed by atoms with E-state index in [9.17, 15) is 13.6 Å². The molecule has 0 bridgehead atoms. The highest BCUT2D eigenvalue weighted by Gasteiger charge is 2.19. The summed E-state index contributed by atoms with van der Waals surface area (Å²) in [6, 6.07) is 1.08. The third-order valence-corrected chi connectivity index (χ3v) is 2.79. The number of alkyl halides is 3. The highest BCUT2D eigenvalue weighted by Crippen LogP contribution is 2.28. The van der Waals surface area contributed by atoms with Gasteiger partial charge in [0.1, 0.15) is 0 Å². The van der Waals surface area contributed by atoms with Crippen molar-refractivity contribution in [3.8, 4) is 0 Å². The molecule has 1 aromatic heterocycles. The van der Waals surface area contributed by atoms with Crippen LogP contribution in [0.15, 0.2) is 10.5 Å². The maximum absolute atomic E-state index is 12.5. The first-order chi connectivity index (χ1) is 6.97. The lowest BCUT2D eigenvalue weighted by atomic mass is 10.2. The second kappa shape index (κ2) is 4.98. The molecule has 1 N–H and O–H groups in total. The summed E-state index contributed by atoms with van der Waals surface area (Å²) in [5.74, 6) is -1.26. The van der Waals surface area contributed by atoms with E-state index >= 15 is 0 Å². The maximum Gasteiger partial charge on any atom is 0.355 e. The lowest BCUT2D eigenvalue weighted by Crippen LogP contribution is -2.07. The van der Waals surface area contributed by atoms with Crippen molar-refractivity contribution in [1.82, 2.24) is 4.98 Å². The predicted molar refractivity (Wildman–Crippen MR) is 56.5 cm³/mol. The van der Waals surface area contributed by atoms with Gasteiger partial charge < -0.3 is 5.11 Å². The number of carbonyl (C=O) groups is 1. The zero-order valence-corrected chi connectivity index (χ0v) is 10.3. The third-order valence-electron chi connectivity index (χ3n) is 1.65. The van der Waals surface area contributed by atoms with E-state index in [1.807, 2.05) is 0 Å². The largest absolute Gasteiger partial charge is 0.476 e. The number of hydrogen-bond acceptors (Lipinski definition) is 2. The van der Waals surface area contributed by atoms with Crippen molar-refractivity contribution in [1.29, 1.82) is 0 Å². The van der Waals surface area contributed by atoms with Crippen LogP contribution in [-0.2, 0) is 5.33 Å². The smallest absolute Gasteiger partial charge is 0.355 e. The molecule has 0 amide bonds. The van der Waals surface area contributed by atoms with Crippen molar-refractivity contribution in [3.05, 3.63) is 27.5 Å². The molecule has 7 heteroatoms. The van der Waals surface area contributed by atoms with E-state index in [0.717, 1.165) is 6.07 Å². The molecule has 0 radical (unpaired) electrons. The van der Waals surface area contributed by atoms with Gasteiger partial charge in [-0.3, -0.25) is 0 Å². The van der Waals surface area contributed by atoms with Crippen LogP contribution >= 0.6 is 31.9 Å². The minimum atomic E-state index is -2.68. The zero-order valence-electron chi connectivity index (χ0n) is 7.18. The monoisotopic (exact) mass is 343 g/mol. The number of rotatable bonds is 3. The molecule has 82 valence electrons. The average molecular weight is 345 g/mol. The zero-order chi connectivity index (χ0) is 11.6. The van der Waals surface area contributed by atoms with Crippen molar-refractivity contribution in [3.63, 3.8) is 0 Å². The molecule has 0 spiro atoms. The molecule has 0 aliphatic rings. The van der Waals surface area contributed by atoms with Crippen molar-refractivity contribution in [2.75, 3.05) is 0 Å². The molecule has 0 unspecified atom stereocenters. The summed E-state index contributed by atoms with van der Waals surface area (Å²) in [5, 5.41) is 8.80. The minimum absolute atomic E-state index is 0.0330. The highest BCUT2D eigenvalue weighted by atomic mass is 79.9. The van der Waals surface area contributed by atoms with Gasteiger partial charge in [0.2, 0.25) is 0 Å². The van der Waals surface area contributed by atoms with Crippen LogP contribution < -0.4 is 0 Å². The van der Waals surface area contributed by atoms with Gasteiger partial charge in [-0.15, -0.1) is 0 Å². The van der Waals surface area contributed by atoms with E-state index in [2.05, 4.69) is 36.8 Å². The van der Waals surface area contributed by atoms with Gasteiger partial charge >= 0.3 is 5.97 Å². The number of nitrogens with zero attached hydrogens (tertiary/aromatic N) is 1. The summed E-state index contributed by atoms with van der Waals surface area (Å²) in [6.45, 7) is 0. The van der Waals surface area contributed by atoms with Gasteiger partial charge in [0.15, 0.2) is 5.69 Å². The number of carboxylic acid groups (broad SMARTS) is 1. The van der Waals surface area contributed by atoms with Crippen LogP contribution in [0.1, 0.15) is 28.2 Å². The molecular weight excluding hydrogens is 340 g/mol. The van der Waals surface area contributed by atoms with Crippen molar-refractivity contribution in [2.24, 2.45) is 0 Å². The fourth-order valence-electron chi connectivity index (χ4n) is 0.987. The van der Waals surface area contributed by atoms with Gasteiger partial charge in [0.05, 0.1) is 10.2 Å². The number of pyridine rings is 1. The summed E-state index contributed by atoms with van der Waals surface area (Å²) >= 11 is 5.87. The molecule has 0 aliphatic heterocycles. The quantitative estimate of drug-likeness (QED) is 0.855. The molecule has 0 saturated carbocycles. The van der Waals surface area contributed by atoms with E-state index in [0.29, 0.717) is 0 Å². The van der Waals surface area contributed by atoms with Crippen LogP contribution in [0, 0.1) is 0 Å². The first-order valence-corrected chi connectivity index (χ1v) is 5.65. The Kier molecular flexibility index (Phi) is 4.15. The summed E-state index contributed by atoms with van der Waals surface area (Å²) in [6.07, 6.45) is -2.68. The molecule has 0 aliphatic carbocycles. The molecule has 0 aromatic carbocycles.